The van der Waals surface area contributed by atoms with Gasteiger partial charge in [-0.05, 0) is 15.9 Å². The van der Waals surface area contributed by atoms with Crippen molar-refractivity contribution in [1.82, 2.24) is 15.0 Å². The van der Waals surface area contributed by atoms with Crippen LogP contribution in [0.2, 0.25) is 5.15 Å². The minimum Gasteiger partial charge on any atom is -0.241 e. The van der Waals surface area contributed by atoms with Crippen LogP contribution in [0.3, 0.4) is 0 Å². The van der Waals surface area contributed by atoms with Gasteiger partial charge in [-0.2, -0.15) is 0 Å². The van der Waals surface area contributed by atoms with E-state index in [1.165, 1.54) is 11.3 Å². The fraction of sp³-hybridized carbons (Fsp3) is 0.364. The molecule has 0 unspecified atom stereocenters. The number of rotatable bonds is 1. The maximum Gasteiger partial charge on any atom is 0.190 e. The second kappa shape index (κ2) is 4.63. The molecule has 0 bridgehead atoms. The number of aromatic nitrogens is 3. The van der Waals surface area contributed by atoms with Crippen LogP contribution >= 0.6 is 38.9 Å². The molecule has 6 heteroatoms. The van der Waals surface area contributed by atoms with Crippen LogP contribution in [-0.4, -0.2) is 15.0 Å². The summed E-state index contributed by atoms with van der Waals surface area (Å²) in [5.74, 6) is 0.582. The fourth-order valence-electron chi connectivity index (χ4n) is 1.35. The Labute approximate surface area is 117 Å². The predicted molar refractivity (Wildman–Crippen MR) is 74.6 cm³/mol. The zero-order valence-electron chi connectivity index (χ0n) is 9.66. The molecule has 17 heavy (non-hydrogen) atoms. The average molecular weight is 333 g/mol. The molecule has 0 saturated carbocycles. The lowest BCUT2D eigenvalue weighted by molar-refractivity contribution is 0.564. The van der Waals surface area contributed by atoms with Crippen molar-refractivity contribution >= 4 is 38.9 Å². The van der Waals surface area contributed by atoms with Gasteiger partial charge in [0.25, 0.3) is 0 Å². The quantitative estimate of drug-likeness (QED) is 0.730. The number of hydrogen-bond donors (Lipinski definition) is 0. The summed E-state index contributed by atoms with van der Waals surface area (Å²) in [5, 5.41) is 3.10. The number of nitrogens with zero attached hydrogens (tertiary/aromatic N) is 3. The van der Waals surface area contributed by atoms with Gasteiger partial charge in [0.05, 0.1) is 10.2 Å². The Kier molecular flexibility index (Phi) is 3.52. The van der Waals surface area contributed by atoms with E-state index in [0.29, 0.717) is 11.0 Å². The molecule has 2 heterocycles. The minimum atomic E-state index is -0.0998. The summed E-state index contributed by atoms with van der Waals surface area (Å²) >= 11 is 11.1. The Balaban J connectivity index is 2.62. The lowest BCUT2D eigenvalue weighted by atomic mass is 9.92. The van der Waals surface area contributed by atoms with Crippen LogP contribution in [0.4, 0.5) is 0 Å². The van der Waals surface area contributed by atoms with Crippen LogP contribution in [0.1, 0.15) is 26.5 Å². The molecule has 0 radical (unpaired) electrons. The molecule has 2 aromatic heterocycles. The molecule has 0 amide bonds. The Morgan fingerprint density at radius 1 is 1.29 bits per heavy atom. The third kappa shape index (κ3) is 2.67. The first kappa shape index (κ1) is 12.9. The lowest BCUT2D eigenvalue weighted by Gasteiger charge is -2.20. The van der Waals surface area contributed by atoms with E-state index < -0.39 is 0 Å². The van der Waals surface area contributed by atoms with Crippen LogP contribution in [-0.2, 0) is 5.41 Å². The van der Waals surface area contributed by atoms with Crippen LogP contribution in [0.15, 0.2) is 16.0 Å². The van der Waals surface area contributed by atoms with E-state index in [2.05, 4.69) is 51.7 Å². The van der Waals surface area contributed by atoms with Crippen molar-refractivity contribution in [2.75, 3.05) is 0 Å². The zero-order valence-corrected chi connectivity index (χ0v) is 12.8. The zero-order chi connectivity index (χ0) is 12.6. The van der Waals surface area contributed by atoms with Crippen LogP contribution in [0.25, 0.3) is 10.8 Å². The summed E-state index contributed by atoms with van der Waals surface area (Å²) in [6.45, 7) is 6.26. The summed E-state index contributed by atoms with van der Waals surface area (Å²) in [6.07, 6.45) is 1.73. The van der Waals surface area contributed by atoms with Crippen molar-refractivity contribution in [2.45, 2.75) is 26.2 Å². The molecule has 0 aliphatic heterocycles. The summed E-state index contributed by atoms with van der Waals surface area (Å²) < 4.78 is 0.756. The summed E-state index contributed by atoms with van der Waals surface area (Å²) in [5.41, 5.74) is 0.792. The SMILES string of the molecule is CC(C)(C)c1nc(-c2nccs2)nc(Cl)c1Br. The molecule has 0 aliphatic carbocycles. The third-order valence-corrected chi connectivity index (χ3v) is 4.17. The van der Waals surface area contributed by atoms with Crippen molar-refractivity contribution in [2.24, 2.45) is 0 Å². The van der Waals surface area contributed by atoms with E-state index in [1.54, 1.807) is 6.20 Å². The molecule has 0 saturated heterocycles. The predicted octanol–water partition coefficient (Wildman–Crippen LogP) is 4.31. The number of thiazole rings is 1. The second-order valence-electron chi connectivity index (χ2n) is 4.59. The Bertz CT molecular complexity index is 534. The second-order valence-corrected chi connectivity index (χ2v) is 6.63. The van der Waals surface area contributed by atoms with E-state index in [0.717, 1.165) is 15.2 Å². The fourth-order valence-corrected chi connectivity index (χ4v) is 2.86. The summed E-state index contributed by atoms with van der Waals surface area (Å²) in [4.78, 5) is 13.0. The highest BCUT2D eigenvalue weighted by molar-refractivity contribution is 9.10. The molecule has 2 rings (SSSR count). The van der Waals surface area contributed by atoms with E-state index in [-0.39, 0.29) is 5.41 Å². The highest BCUT2D eigenvalue weighted by Crippen LogP contribution is 2.34. The smallest absolute Gasteiger partial charge is 0.190 e. The van der Waals surface area contributed by atoms with Gasteiger partial charge in [-0.1, -0.05) is 32.4 Å². The first-order valence-corrected chi connectivity index (χ1v) is 7.08. The average Bonchev–Trinajstić information content (AvgIpc) is 2.73. The molecule has 0 aromatic carbocycles. The van der Waals surface area contributed by atoms with Gasteiger partial charge in [0.15, 0.2) is 10.8 Å². The topological polar surface area (TPSA) is 38.7 Å². The Morgan fingerprint density at radius 3 is 2.53 bits per heavy atom. The van der Waals surface area contributed by atoms with Gasteiger partial charge in [-0.3, -0.25) is 0 Å². The molecule has 0 N–H and O–H groups in total. The van der Waals surface area contributed by atoms with Crippen LogP contribution in [0.5, 0.6) is 0 Å². The maximum absolute atomic E-state index is 6.12. The highest BCUT2D eigenvalue weighted by Gasteiger charge is 2.23. The molecule has 3 nitrogen and oxygen atoms in total. The highest BCUT2D eigenvalue weighted by atomic mass is 79.9. The van der Waals surface area contributed by atoms with Gasteiger partial charge in [0, 0.05) is 17.0 Å². The molecule has 0 fully saturated rings. The maximum atomic E-state index is 6.12. The van der Waals surface area contributed by atoms with E-state index in [9.17, 15) is 0 Å². The van der Waals surface area contributed by atoms with Gasteiger partial charge >= 0.3 is 0 Å². The molecular formula is C11H11BrClN3S. The van der Waals surface area contributed by atoms with Crippen molar-refractivity contribution in [3.63, 3.8) is 0 Å². The molecular weight excluding hydrogens is 322 g/mol. The van der Waals surface area contributed by atoms with Gasteiger partial charge in [0.1, 0.15) is 5.15 Å². The standard InChI is InChI=1S/C11H11BrClN3S/c1-11(2,3)7-6(12)8(13)16-9(15-7)10-14-4-5-17-10/h4-5H,1-3H3. The van der Waals surface area contributed by atoms with Crippen LogP contribution < -0.4 is 0 Å². The van der Waals surface area contributed by atoms with Gasteiger partial charge in [0.2, 0.25) is 0 Å². The molecule has 0 atom stereocenters. The van der Waals surface area contributed by atoms with Gasteiger partial charge in [-0.25, -0.2) is 15.0 Å². The minimum absolute atomic E-state index is 0.0998. The van der Waals surface area contributed by atoms with Crippen LogP contribution in [0, 0.1) is 0 Å². The first-order chi connectivity index (χ1) is 7.89. The molecule has 0 spiro atoms. The largest absolute Gasteiger partial charge is 0.241 e. The molecule has 90 valence electrons. The monoisotopic (exact) mass is 331 g/mol. The number of hydrogen-bond acceptors (Lipinski definition) is 4. The van der Waals surface area contributed by atoms with E-state index in [4.69, 9.17) is 11.6 Å². The normalized spacial score (nSPS) is 11.8. The molecule has 2 aromatic rings. The first-order valence-electron chi connectivity index (χ1n) is 5.03. The van der Waals surface area contributed by atoms with Crippen molar-refractivity contribution < 1.29 is 0 Å². The number of halogens is 2. The van der Waals surface area contributed by atoms with E-state index in [1.807, 2.05) is 5.38 Å². The Hall–Kier alpha value is -0.520. The molecule has 0 aliphatic rings. The third-order valence-electron chi connectivity index (χ3n) is 2.14. The summed E-state index contributed by atoms with van der Waals surface area (Å²) in [6, 6.07) is 0. The van der Waals surface area contributed by atoms with Gasteiger partial charge in [-0.15, -0.1) is 11.3 Å². The van der Waals surface area contributed by atoms with Crippen molar-refractivity contribution in [3.8, 4) is 10.8 Å². The summed E-state index contributed by atoms with van der Waals surface area (Å²) in [7, 11) is 0. The van der Waals surface area contributed by atoms with E-state index >= 15 is 0 Å². The lowest BCUT2D eigenvalue weighted by Crippen LogP contribution is -2.16. The Morgan fingerprint density at radius 2 is 2.00 bits per heavy atom. The van der Waals surface area contributed by atoms with Crippen molar-refractivity contribution in [3.05, 3.63) is 26.9 Å². The van der Waals surface area contributed by atoms with Gasteiger partial charge < -0.3 is 0 Å². The van der Waals surface area contributed by atoms with Crippen molar-refractivity contribution in [1.29, 1.82) is 0 Å².